The van der Waals surface area contributed by atoms with E-state index in [0.717, 1.165) is 0 Å². The molecule has 3 nitrogen and oxygen atoms in total. The molecule has 1 amide bonds. The van der Waals surface area contributed by atoms with Gasteiger partial charge in [0.05, 0.1) is 17.2 Å². The Kier molecular flexibility index (Phi) is 2.72. The largest absolute Gasteiger partial charge is 0.299 e. The first-order chi connectivity index (χ1) is 5.79. The molecule has 0 aliphatic carbocycles. The number of hydrogen-bond acceptors (Lipinski definition) is 3. The Labute approximate surface area is 75.6 Å². The summed E-state index contributed by atoms with van der Waals surface area (Å²) < 4.78 is 2.16. The minimum absolute atomic E-state index is 0.343. The van der Waals surface area contributed by atoms with Crippen LogP contribution in [0, 0.1) is 11.3 Å². The van der Waals surface area contributed by atoms with Gasteiger partial charge in [-0.05, 0) is 12.1 Å². The number of carbonyl (C=O) groups excluding carboxylic acids is 1. The van der Waals surface area contributed by atoms with Crippen LogP contribution in [0.2, 0.25) is 0 Å². The van der Waals surface area contributed by atoms with Crippen molar-refractivity contribution in [2.45, 2.75) is 0 Å². The van der Waals surface area contributed by atoms with E-state index in [2.05, 4.69) is 17.5 Å². The SMILES string of the molecule is N#Cc1ccccc1C(=O)NS. The molecule has 0 heterocycles. The Hall–Kier alpha value is -1.47. The van der Waals surface area contributed by atoms with Crippen molar-refractivity contribution in [1.29, 1.82) is 5.26 Å². The van der Waals surface area contributed by atoms with E-state index in [4.69, 9.17) is 5.26 Å². The van der Waals surface area contributed by atoms with Crippen LogP contribution in [-0.4, -0.2) is 5.91 Å². The van der Waals surface area contributed by atoms with E-state index >= 15 is 0 Å². The topological polar surface area (TPSA) is 52.9 Å². The Balaban J connectivity index is 3.16. The van der Waals surface area contributed by atoms with E-state index in [1.54, 1.807) is 24.3 Å². The fraction of sp³-hybridized carbons (Fsp3) is 0. The van der Waals surface area contributed by atoms with Crippen LogP contribution in [-0.2, 0) is 0 Å². The number of amides is 1. The van der Waals surface area contributed by atoms with Gasteiger partial charge in [0.25, 0.3) is 5.91 Å². The van der Waals surface area contributed by atoms with Crippen molar-refractivity contribution in [2.24, 2.45) is 0 Å². The Bertz CT molecular complexity index is 343. The zero-order chi connectivity index (χ0) is 8.97. The lowest BCUT2D eigenvalue weighted by atomic mass is 10.1. The van der Waals surface area contributed by atoms with Crippen LogP contribution in [0.15, 0.2) is 24.3 Å². The molecule has 1 N–H and O–H groups in total. The second kappa shape index (κ2) is 3.79. The van der Waals surface area contributed by atoms with Crippen molar-refractivity contribution in [3.05, 3.63) is 35.4 Å². The van der Waals surface area contributed by atoms with E-state index in [9.17, 15) is 4.79 Å². The molecule has 12 heavy (non-hydrogen) atoms. The van der Waals surface area contributed by atoms with Crippen LogP contribution < -0.4 is 4.72 Å². The van der Waals surface area contributed by atoms with Gasteiger partial charge >= 0.3 is 0 Å². The lowest BCUT2D eigenvalue weighted by Gasteiger charge is -1.99. The molecule has 0 saturated carbocycles. The zero-order valence-corrected chi connectivity index (χ0v) is 7.01. The van der Waals surface area contributed by atoms with Gasteiger partial charge in [-0.15, -0.1) is 0 Å². The number of hydrogen-bond donors (Lipinski definition) is 2. The van der Waals surface area contributed by atoms with Gasteiger partial charge in [0.1, 0.15) is 0 Å². The highest BCUT2D eigenvalue weighted by Crippen LogP contribution is 2.06. The minimum atomic E-state index is -0.365. The molecule has 0 aliphatic heterocycles. The molecular formula is C8H6N2OS. The van der Waals surface area contributed by atoms with Crippen LogP contribution in [0.5, 0.6) is 0 Å². The normalized spacial score (nSPS) is 8.67. The van der Waals surface area contributed by atoms with E-state index in [-0.39, 0.29) is 5.91 Å². The van der Waals surface area contributed by atoms with E-state index < -0.39 is 0 Å². The molecule has 0 aliphatic rings. The monoisotopic (exact) mass is 178 g/mol. The highest BCUT2D eigenvalue weighted by Gasteiger charge is 2.07. The van der Waals surface area contributed by atoms with Crippen LogP contribution >= 0.6 is 12.8 Å². The quantitative estimate of drug-likeness (QED) is 0.633. The first kappa shape index (κ1) is 8.62. The molecule has 0 fully saturated rings. The average Bonchev–Trinajstić information content (AvgIpc) is 2.16. The van der Waals surface area contributed by atoms with Crippen molar-refractivity contribution in [3.63, 3.8) is 0 Å². The van der Waals surface area contributed by atoms with Crippen LogP contribution in [0.1, 0.15) is 15.9 Å². The first-order valence-corrected chi connectivity index (χ1v) is 3.68. The van der Waals surface area contributed by atoms with Gasteiger partial charge in [-0.1, -0.05) is 24.9 Å². The zero-order valence-electron chi connectivity index (χ0n) is 6.11. The third-order valence-corrected chi connectivity index (χ3v) is 1.60. The number of carbonyl (C=O) groups is 1. The van der Waals surface area contributed by atoms with Gasteiger partial charge in [-0.25, -0.2) is 0 Å². The van der Waals surface area contributed by atoms with Gasteiger partial charge in [-0.3, -0.25) is 9.52 Å². The molecule has 0 saturated heterocycles. The number of nitriles is 1. The number of thiol groups is 1. The highest BCUT2D eigenvalue weighted by molar-refractivity contribution is 7.78. The van der Waals surface area contributed by atoms with Gasteiger partial charge < -0.3 is 0 Å². The van der Waals surface area contributed by atoms with Gasteiger partial charge in [0, 0.05) is 0 Å². The lowest BCUT2D eigenvalue weighted by molar-refractivity contribution is 0.0985. The fourth-order valence-electron chi connectivity index (χ4n) is 0.839. The maximum Gasteiger partial charge on any atom is 0.262 e. The fourth-order valence-corrected chi connectivity index (χ4v) is 0.959. The van der Waals surface area contributed by atoms with Gasteiger partial charge in [0.15, 0.2) is 0 Å². The molecule has 1 aromatic rings. The maximum atomic E-state index is 11.1. The molecule has 1 aromatic carbocycles. The summed E-state index contributed by atoms with van der Waals surface area (Å²) in [5.74, 6) is -0.365. The molecule has 0 atom stereocenters. The van der Waals surface area contributed by atoms with Crippen molar-refractivity contribution >= 4 is 18.7 Å². The summed E-state index contributed by atoms with van der Waals surface area (Å²) >= 11 is 3.60. The summed E-state index contributed by atoms with van der Waals surface area (Å²) in [6, 6.07) is 8.47. The second-order valence-electron chi connectivity index (χ2n) is 2.10. The van der Waals surface area contributed by atoms with Crippen LogP contribution in [0.3, 0.4) is 0 Å². The van der Waals surface area contributed by atoms with E-state index in [1.165, 1.54) is 0 Å². The number of nitrogens with zero attached hydrogens (tertiary/aromatic N) is 1. The second-order valence-corrected chi connectivity index (χ2v) is 2.32. The number of rotatable bonds is 1. The van der Waals surface area contributed by atoms with E-state index in [0.29, 0.717) is 11.1 Å². The van der Waals surface area contributed by atoms with Crippen molar-refractivity contribution < 1.29 is 4.79 Å². The number of nitrogens with one attached hydrogen (secondary N) is 1. The molecule has 60 valence electrons. The lowest BCUT2D eigenvalue weighted by Crippen LogP contribution is -2.13. The number of benzene rings is 1. The smallest absolute Gasteiger partial charge is 0.262 e. The summed E-state index contributed by atoms with van der Waals surface area (Å²) in [4.78, 5) is 11.1. The molecule has 0 radical (unpaired) electrons. The summed E-state index contributed by atoms with van der Waals surface area (Å²) in [6.45, 7) is 0. The molecular weight excluding hydrogens is 172 g/mol. The predicted octanol–water partition coefficient (Wildman–Crippen LogP) is 1.13. The Morgan fingerprint density at radius 3 is 2.75 bits per heavy atom. The van der Waals surface area contributed by atoms with Crippen molar-refractivity contribution in [1.82, 2.24) is 4.72 Å². The summed E-state index contributed by atoms with van der Waals surface area (Å²) in [5, 5.41) is 8.61. The van der Waals surface area contributed by atoms with Crippen molar-refractivity contribution in [2.75, 3.05) is 0 Å². The van der Waals surface area contributed by atoms with E-state index in [1.807, 2.05) is 6.07 Å². The van der Waals surface area contributed by atoms with Gasteiger partial charge in [0.2, 0.25) is 0 Å². The molecule has 4 heteroatoms. The Morgan fingerprint density at radius 2 is 2.17 bits per heavy atom. The summed E-state index contributed by atoms with van der Waals surface area (Å²) in [5.41, 5.74) is 0.694. The van der Waals surface area contributed by atoms with Crippen LogP contribution in [0.4, 0.5) is 0 Å². The Morgan fingerprint density at radius 1 is 1.50 bits per heavy atom. The predicted molar refractivity (Wildman–Crippen MR) is 47.6 cm³/mol. The van der Waals surface area contributed by atoms with Crippen LogP contribution in [0.25, 0.3) is 0 Å². The molecule has 0 spiro atoms. The molecule has 1 rings (SSSR count). The molecule has 0 bridgehead atoms. The van der Waals surface area contributed by atoms with Gasteiger partial charge in [-0.2, -0.15) is 5.26 Å². The summed E-state index contributed by atoms with van der Waals surface area (Å²) in [7, 11) is 0. The molecule has 0 aromatic heterocycles. The first-order valence-electron chi connectivity index (χ1n) is 3.23. The average molecular weight is 178 g/mol. The highest BCUT2D eigenvalue weighted by atomic mass is 32.1. The maximum absolute atomic E-state index is 11.1. The summed E-state index contributed by atoms with van der Waals surface area (Å²) in [6.07, 6.45) is 0. The third-order valence-electron chi connectivity index (χ3n) is 1.39. The third kappa shape index (κ3) is 1.57. The minimum Gasteiger partial charge on any atom is -0.299 e. The standard InChI is InChI=1S/C8H6N2OS/c9-5-6-3-1-2-4-7(6)8(11)10-12/h1-4,12H,(H,10,11). The molecule has 0 unspecified atom stereocenters. The van der Waals surface area contributed by atoms with Crippen molar-refractivity contribution in [3.8, 4) is 6.07 Å².